The Morgan fingerprint density at radius 2 is 0.869 bits per heavy atom. The number of ether oxygens (including phenoxy) is 13. The first-order valence-corrected chi connectivity index (χ1v) is 31.9. The molecule has 0 radical (unpaired) electrons. The summed E-state index contributed by atoms with van der Waals surface area (Å²) in [5.74, 6) is 1.90. The zero-order valence-corrected chi connectivity index (χ0v) is 58.3. The molecule has 0 saturated heterocycles. The largest absolute Gasteiger partial charge is 2.00 e. The number of benzene rings is 5. The minimum atomic E-state index is -0.972. The fourth-order valence-electron chi connectivity index (χ4n) is 10.2. The number of primary amides is 1. The van der Waals surface area contributed by atoms with E-state index in [1.54, 1.807) is 57.7 Å². The van der Waals surface area contributed by atoms with Crippen molar-refractivity contribution in [3.63, 3.8) is 0 Å². The van der Waals surface area contributed by atoms with E-state index in [1.807, 2.05) is 60.7 Å². The summed E-state index contributed by atoms with van der Waals surface area (Å²) in [5, 5.41) is 11.0. The van der Waals surface area contributed by atoms with Crippen molar-refractivity contribution in [2.24, 2.45) is 10.8 Å². The average Bonchev–Trinajstić information content (AvgIpc) is 1.61. The van der Waals surface area contributed by atoms with Crippen LogP contribution in [0.3, 0.4) is 0 Å². The summed E-state index contributed by atoms with van der Waals surface area (Å²) in [5.41, 5.74) is 18.0. The van der Waals surface area contributed by atoms with E-state index in [0.717, 1.165) is 0 Å². The first-order chi connectivity index (χ1) is 48.1. The van der Waals surface area contributed by atoms with Crippen molar-refractivity contribution in [3.05, 3.63) is 113 Å². The number of azide groups is 1. The van der Waals surface area contributed by atoms with E-state index in [-0.39, 0.29) is 93.1 Å². The molecule has 5 aromatic carbocycles. The predicted molar refractivity (Wildman–Crippen MR) is 359 cm³/mol. The molecule has 3 amide bonds. The number of carbonyl (C=O) groups excluding carboxylic acids is 3. The average molecular weight is 1410 g/mol. The maximum Gasteiger partial charge on any atom is 2.00 e. The molecular weight excluding hydrogens is 1330 g/mol. The summed E-state index contributed by atoms with van der Waals surface area (Å²) < 4.78 is 74.2. The molecule has 31 heteroatoms. The molecule has 2 aliphatic heterocycles. The molecule has 99 heavy (non-hydrogen) atoms. The van der Waals surface area contributed by atoms with Gasteiger partial charge >= 0.3 is 19.5 Å². The minimum absolute atomic E-state index is 0. The Balaban J connectivity index is 0.0000114. The van der Waals surface area contributed by atoms with Crippen LogP contribution >= 0.6 is 0 Å². The molecule has 1 atom stereocenters. The Bertz CT molecular complexity index is 4200. The number of hydrogen-bond acceptors (Lipinski definition) is 23. The number of unbranched alkanes of at least 4 members (excludes halogenated alkanes) is 1. The summed E-state index contributed by atoms with van der Waals surface area (Å²) in [6.45, 7) is 6.96. The van der Waals surface area contributed by atoms with Gasteiger partial charge in [-0.1, -0.05) is 5.11 Å². The summed E-state index contributed by atoms with van der Waals surface area (Å²) in [6.07, 6.45) is 1.19. The number of fused-ring (bicyclic) bond motifs is 20. The van der Waals surface area contributed by atoms with Crippen LogP contribution in [0.4, 0.5) is 0 Å². The van der Waals surface area contributed by atoms with Crippen molar-refractivity contribution in [2.45, 2.75) is 25.3 Å². The number of rotatable bonds is 42. The minimum Gasteiger partial charge on any atom is -0.491 e. The van der Waals surface area contributed by atoms with Crippen LogP contribution in [0.15, 0.2) is 102 Å². The van der Waals surface area contributed by atoms with Crippen LogP contribution in [-0.4, -0.2) is 207 Å². The monoisotopic (exact) mass is 1410 g/mol. The van der Waals surface area contributed by atoms with Gasteiger partial charge in [-0.15, -0.1) is 0 Å². The Hall–Kier alpha value is -9.36. The summed E-state index contributed by atoms with van der Waals surface area (Å²) >= 11 is 0. The predicted octanol–water partition coefficient (Wildman–Crippen LogP) is 7.27. The van der Waals surface area contributed by atoms with Gasteiger partial charge in [0.15, 0.2) is 0 Å². The van der Waals surface area contributed by atoms with Gasteiger partial charge in [0, 0.05) is 83.2 Å². The van der Waals surface area contributed by atoms with E-state index >= 15 is 0 Å². The maximum absolute atomic E-state index is 13.4. The van der Waals surface area contributed by atoms with Crippen LogP contribution in [-0.2, 0) is 71.7 Å². The van der Waals surface area contributed by atoms with E-state index in [2.05, 4.69) is 20.7 Å². The van der Waals surface area contributed by atoms with Crippen molar-refractivity contribution in [1.82, 2.24) is 50.5 Å². The molecule has 8 aromatic rings. The van der Waals surface area contributed by atoms with Crippen molar-refractivity contribution in [3.8, 4) is 74.3 Å². The quantitative estimate of drug-likeness (QED) is 0.0111. The van der Waals surface area contributed by atoms with Gasteiger partial charge in [0.1, 0.15) is 61.2 Å². The Labute approximate surface area is 582 Å². The Kier molecular flexibility index (Phi) is 28.9. The first kappa shape index (κ1) is 73.9. The van der Waals surface area contributed by atoms with Gasteiger partial charge in [0.05, 0.1) is 122 Å². The molecule has 5 heterocycles. The van der Waals surface area contributed by atoms with Crippen molar-refractivity contribution < 1.29 is 95.4 Å². The van der Waals surface area contributed by atoms with Gasteiger partial charge in [0.2, 0.25) is 11.8 Å². The van der Waals surface area contributed by atoms with Crippen LogP contribution in [0.2, 0.25) is 0 Å². The zero-order chi connectivity index (χ0) is 68.3. The first-order valence-electron chi connectivity index (χ1n) is 31.9. The van der Waals surface area contributed by atoms with Crippen LogP contribution in [0.25, 0.3) is 100 Å². The Morgan fingerprint density at radius 3 is 1.32 bits per heavy atom. The fourth-order valence-corrected chi connectivity index (χ4v) is 10.2. The summed E-state index contributed by atoms with van der Waals surface area (Å²) in [4.78, 5) is 81.4. The molecule has 2 aliphatic rings. The second-order valence-corrected chi connectivity index (χ2v) is 21.8. The number of amides is 3. The third-order valence-electron chi connectivity index (χ3n) is 15.0. The van der Waals surface area contributed by atoms with E-state index in [0.29, 0.717) is 202 Å². The van der Waals surface area contributed by atoms with E-state index in [9.17, 15) is 14.4 Å². The molecular formula is C68H76N14O16Zn. The van der Waals surface area contributed by atoms with Crippen molar-refractivity contribution in [2.75, 3.05) is 153 Å². The summed E-state index contributed by atoms with van der Waals surface area (Å²) in [6, 6.07) is 27.5. The third kappa shape index (κ3) is 21.1. The molecule has 516 valence electrons. The van der Waals surface area contributed by atoms with E-state index in [4.69, 9.17) is 113 Å². The second kappa shape index (κ2) is 38.7. The summed E-state index contributed by atoms with van der Waals surface area (Å²) in [7, 11) is 4.86. The zero-order valence-electron chi connectivity index (χ0n) is 55.3. The molecule has 8 bridgehead atoms. The molecule has 0 aliphatic carbocycles. The number of nitrogens with two attached hydrogens (primary N) is 1. The van der Waals surface area contributed by atoms with Gasteiger partial charge in [0.25, 0.3) is 5.91 Å². The van der Waals surface area contributed by atoms with Gasteiger partial charge in [-0.05, 0) is 143 Å². The number of hydrogen-bond donors (Lipinski definition) is 3. The van der Waals surface area contributed by atoms with E-state index < -0.39 is 23.8 Å². The van der Waals surface area contributed by atoms with Gasteiger partial charge in [-0.3, -0.25) is 14.4 Å². The molecule has 4 N–H and O–H groups in total. The third-order valence-corrected chi connectivity index (χ3v) is 15.0. The van der Waals surface area contributed by atoms with Gasteiger partial charge in [-0.25, -0.2) is 9.97 Å². The fraction of sp³-hybridized carbons (Fsp3) is 0.397. The molecule has 3 aromatic heterocycles. The number of nitrogens with one attached hydrogen (secondary N) is 2. The SMILES string of the molecule is COCCOCCOCCOc1ccc2c(c1)-c1nc-2nc2[n-]c(nc3nc(nc4[n-]c(n1)c1ccc(OCCOCCOCCOC)cc41)-c1ccc(OCCOCCOCCOC)cc1-3)c1ccc(Oc3ccc(C(=O)N[C@@H](CCCCNC(=O)CN=[N+]=[N-])C(N)=O)cc3)cc21.[Zn+2]. The Morgan fingerprint density at radius 1 is 0.475 bits per heavy atom. The maximum atomic E-state index is 13.4. The molecule has 0 fully saturated rings. The van der Waals surface area contributed by atoms with Crippen molar-refractivity contribution in [1.29, 1.82) is 0 Å². The van der Waals surface area contributed by atoms with E-state index in [1.165, 1.54) is 0 Å². The smallest absolute Gasteiger partial charge is 0.491 e. The molecule has 0 saturated carbocycles. The van der Waals surface area contributed by atoms with Crippen molar-refractivity contribution >= 4 is 61.9 Å². The van der Waals surface area contributed by atoms with Crippen LogP contribution in [0, 0.1) is 0 Å². The molecule has 0 unspecified atom stereocenters. The standard InChI is InChI=1S/C68H78N14O16.Zn/c1-86-20-23-89-26-29-92-32-35-95-45-11-15-49-53(38-45)64-74-60(49)76-65-55-40-47(97-37-34-94-31-28-91-25-22-88-3)13-17-51(55)62(78-65)80-67-56-41-48(98-44-9-7-43(8-10-44)68(85)73-57(59(69)84)6-4-5-19-71-58(83)42-72-82-70)14-18-52(56)63(81-67)79-66-54-39-46(12-16-50(54)61(75-64)77-66)96-36-33-93-30-27-90-24-21-87-2;/h7-18,38-41,57H,4-6,19-37,42H2,1-3H3,(H6,69,71,73,74,75,76,77,78,79,80,81,83,84,85);/q;+2/p-2/t57-;/m0./s1. The number of aromatic nitrogens is 8. The number of carbonyl (C=O) groups is 3. The normalized spacial score (nSPS) is 11.7. The van der Waals surface area contributed by atoms with Crippen LogP contribution in [0.5, 0.6) is 28.7 Å². The molecule has 10 rings (SSSR count). The van der Waals surface area contributed by atoms with Crippen LogP contribution in [0.1, 0.15) is 29.6 Å². The van der Waals surface area contributed by atoms with Crippen LogP contribution < -0.4 is 45.3 Å². The second-order valence-electron chi connectivity index (χ2n) is 21.8. The topological polar surface area (TPSA) is 376 Å². The number of nitrogens with zero attached hydrogens (tertiary/aromatic N) is 11. The molecule has 30 nitrogen and oxygen atoms in total. The number of methoxy groups -OCH3 is 3. The molecule has 0 spiro atoms. The van der Waals surface area contributed by atoms with Gasteiger partial charge in [-0.2, -0.15) is 0 Å². The van der Waals surface area contributed by atoms with Gasteiger partial charge < -0.3 is 108 Å².